The van der Waals surface area contributed by atoms with Gasteiger partial charge in [-0.25, -0.2) is 0 Å². The number of amides is 1. The number of esters is 1. The zero-order valence-electron chi connectivity index (χ0n) is 55.8. The lowest BCUT2D eigenvalue weighted by Gasteiger charge is -2.20. The number of aliphatic hydroxyl groups excluding tert-OH is 2. The van der Waals surface area contributed by atoms with Crippen LogP contribution in [0, 0.1) is 0 Å². The number of hydrogen-bond donors (Lipinski definition) is 3. The molecule has 0 heterocycles. The SMILES string of the molecule is CCCCCCCC/C=C\CCCCCCCCCC(=O)OCCCCCCCCCCCCCCCCCCCCCCCCCCC(=O)NC(CO)C(O)/C=C/CCCCCCCCCCCCCCCCCCCCCCCC. The number of carbonyl (C=O) groups excluding carboxylic acids is 2. The van der Waals surface area contributed by atoms with Crippen LogP contribution < -0.4 is 5.32 Å². The molecule has 0 radical (unpaired) electrons. The lowest BCUT2D eigenvalue weighted by molar-refractivity contribution is -0.143. The highest BCUT2D eigenvalue weighted by atomic mass is 16.5. The van der Waals surface area contributed by atoms with Crippen molar-refractivity contribution in [3.8, 4) is 0 Å². The highest BCUT2D eigenvalue weighted by Crippen LogP contribution is 2.19. The maximum atomic E-state index is 12.5. The molecule has 0 bridgehead atoms. The van der Waals surface area contributed by atoms with E-state index in [1.54, 1.807) is 6.08 Å². The lowest BCUT2D eigenvalue weighted by Crippen LogP contribution is -2.45. The number of aliphatic hydroxyl groups is 2. The van der Waals surface area contributed by atoms with Gasteiger partial charge >= 0.3 is 5.97 Å². The molecule has 0 aliphatic rings. The molecule has 0 aliphatic carbocycles. The van der Waals surface area contributed by atoms with Crippen molar-refractivity contribution in [3.63, 3.8) is 0 Å². The molecular formula is C76H147NO5. The molecule has 0 aromatic carbocycles. The Hall–Kier alpha value is -1.66. The molecule has 0 saturated heterocycles. The third-order valence-electron chi connectivity index (χ3n) is 17.7. The van der Waals surface area contributed by atoms with E-state index in [1.807, 2.05) is 6.08 Å². The summed E-state index contributed by atoms with van der Waals surface area (Å²) >= 11 is 0. The van der Waals surface area contributed by atoms with Crippen LogP contribution in [0.25, 0.3) is 0 Å². The van der Waals surface area contributed by atoms with Crippen molar-refractivity contribution in [2.45, 2.75) is 437 Å². The van der Waals surface area contributed by atoms with E-state index in [9.17, 15) is 19.8 Å². The number of unbranched alkanes of at least 4 members (excludes halogenated alkanes) is 58. The van der Waals surface area contributed by atoms with Gasteiger partial charge in [-0.2, -0.15) is 0 Å². The van der Waals surface area contributed by atoms with Gasteiger partial charge in [0.15, 0.2) is 0 Å². The number of ether oxygens (including phenoxy) is 1. The molecule has 0 aliphatic heterocycles. The van der Waals surface area contributed by atoms with Crippen LogP contribution in [0.3, 0.4) is 0 Å². The van der Waals surface area contributed by atoms with Gasteiger partial charge in [0.25, 0.3) is 0 Å². The first kappa shape index (κ1) is 80.3. The summed E-state index contributed by atoms with van der Waals surface area (Å²) in [6.45, 7) is 4.94. The topological polar surface area (TPSA) is 95.9 Å². The lowest BCUT2D eigenvalue weighted by atomic mass is 10.0. The van der Waals surface area contributed by atoms with Crippen molar-refractivity contribution in [1.29, 1.82) is 0 Å². The van der Waals surface area contributed by atoms with Gasteiger partial charge in [-0.3, -0.25) is 9.59 Å². The van der Waals surface area contributed by atoms with Gasteiger partial charge in [-0.05, 0) is 57.8 Å². The van der Waals surface area contributed by atoms with E-state index in [0.29, 0.717) is 19.4 Å². The number of hydrogen-bond acceptors (Lipinski definition) is 5. The largest absolute Gasteiger partial charge is 0.466 e. The molecule has 3 N–H and O–H groups in total. The van der Waals surface area contributed by atoms with Crippen molar-refractivity contribution in [1.82, 2.24) is 5.32 Å². The Labute approximate surface area is 513 Å². The summed E-state index contributed by atoms with van der Waals surface area (Å²) < 4.78 is 5.50. The highest BCUT2D eigenvalue weighted by molar-refractivity contribution is 5.76. The zero-order valence-corrected chi connectivity index (χ0v) is 55.8. The molecular weight excluding hydrogens is 1010 g/mol. The average Bonchev–Trinajstić information content (AvgIpc) is 3.48. The first-order chi connectivity index (χ1) is 40.5. The smallest absolute Gasteiger partial charge is 0.305 e. The molecule has 2 atom stereocenters. The van der Waals surface area contributed by atoms with Crippen molar-refractivity contribution >= 4 is 11.9 Å². The maximum Gasteiger partial charge on any atom is 0.305 e. The molecule has 2 unspecified atom stereocenters. The standard InChI is InChI=1S/C76H147NO5/c1-3-5-7-9-11-13-15-17-19-21-22-23-24-27-30-33-37-40-44-48-52-56-60-64-68-74(79)73(72-78)77-75(80)69-65-61-57-53-49-45-41-38-34-31-28-25-26-29-32-35-39-43-47-51-55-59-63-67-71-82-76(81)70-66-62-58-54-50-46-42-36-20-18-16-14-12-10-8-6-4-2/h18,20,64,68,73-74,78-79H,3-17,19,21-63,65-67,69-72H2,1-2H3,(H,77,80)/b20-18-,68-64+. The molecule has 0 aromatic rings. The molecule has 6 heteroatoms. The van der Waals surface area contributed by atoms with Crippen molar-refractivity contribution in [2.24, 2.45) is 0 Å². The minimum absolute atomic E-state index is 0.0127. The van der Waals surface area contributed by atoms with Crippen LogP contribution >= 0.6 is 0 Å². The van der Waals surface area contributed by atoms with Crippen molar-refractivity contribution in [2.75, 3.05) is 13.2 Å². The van der Waals surface area contributed by atoms with Crippen LogP contribution in [-0.4, -0.2) is 47.4 Å². The van der Waals surface area contributed by atoms with Gasteiger partial charge in [0, 0.05) is 12.8 Å². The Kier molecular flexibility index (Phi) is 70.4. The number of allylic oxidation sites excluding steroid dienone is 3. The fraction of sp³-hybridized carbons (Fsp3) is 0.921. The fourth-order valence-electron chi connectivity index (χ4n) is 12.0. The van der Waals surface area contributed by atoms with E-state index >= 15 is 0 Å². The molecule has 0 rings (SSSR count). The van der Waals surface area contributed by atoms with Crippen LogP contribution in [0.1, 0.15) is 425 Å². The fourth-order valence-corrected chi connectivity index (χ4v) is 12.0. The van der Waals surface area contributed by atoms with Crippen LogP contribution in [0.15, 0.2) is 24.3 Å². The number of carbonyl (C=O) groups is 2. The van der Waals surface area contributed by atoms with E-state index in [-0.39, 0.29) is 18.5 Å². The predicted octanol–water partition coefficient (Wildman–Crippen LogP) is 24.5. The summed E-state index contributed by atoms with van der Waals surface area (Å²) in [5.41, 5.74) is 0. The van der Waals surface area contributed by atoms with Gasteiger partial charge in [-0.15, -0.1) is 0 Å². The van der Waals surface area contributed by atoms with Crippen LogP contribution in [-0.2, 0) is 14.3 Å². The molecule has 1 amide bonds. The van der Waals surface area contributed by atoms with E-state index < -0.39 is 12.1 Å². The summed E-state index contributed by atoms with van der Waals surface area (Å²) in [5.74, 6) is -0.0491. The van der Waals surface area contributed by atoms with Crippen molar-refractivity contribution < 1.29 is 24.5 Å². The van der Waals surface area contributed by atoms with E-state index in [0.717, 1.165) is 44.9 Å². The van der Waals surface area contributed by atoms with Crippen LogP contribution in [0.2, 0.25) is 0 Å². The van der Waals surface area contributed by atoms with E-state index in [2.05, 4.69) is 31.3 Å². The summed E-state index contributed by atoms with van der Waals surface area (Å²) in [6, 6.07) is -0.628. The highest BCUT2D eigenvalue weighted by Gasteiger charge is 2.18. The molecule has 82 heavy (non-hydrogen) atoms. The summed E-state index contributed by atoms with van der Waals surface area (Å²) in [5, 5.41) is 23.3. The second-order valence-corrected chi connectivity index (χ2v) is 26.0. The Morgan fingerprint density at radius 2 is 0.573 bits per heavy atom. The maximum absolute atomic E-state index is 12.5. The molecule has 0 spiro atoms. The Bertz CT molecular complexity index is 1280. The molecule has 0 fully saturated rings. The second kappa shape index (κ2) is 71.8. The third-order valence-corrected chi connectivity index (χ3v) is 17.7. The van der Waals surface area contributed by atoms with Gasteiger partial charge in [0.05, 0.1) is 25.4 Å². The van der Waals surface area contributed by atoms with Crippen LogP contribution in [0.5, 0.6) is 0 Å². The second-order valence-electron chi connectivity index (χ2n) is 26.0. The van der Waals surface area contributed by atoms with Crippen LogP contribution in [0.4, 0.5) is 0 Å². The molecule has 6 nitrogen and oxygen atoms in total. The number of rotatable bonds is 71. The minimum atomic E-state index is -0.845. The Morgan fingerprint density at radius 1 is 0.329 bits per heavy atom. The minimum Gasteiger partial charge on any atom is -0.466 e. The number of nitrogens with one attached hydrogen (secondary N) is 1. The molecule has 0 aromatic heterocycles. The van der Waals surface area contributed by atoms with Gasteiger partial charge in [0.2, 0.25) is 5.91 Å². The van der Waals surface area contributed by atoms with Gasteiger partial charge < -0.3 is 20.3 Å². The van der Waals surface area contributed by atoms with E-state index in [1.165, 1.54) is 353 Å². The summed E-state index contributed by atoms with van der Waals surface area (Å²) in [6.07, 6.45) is 91.3. The van der Waals surface area contributed by atoms with Crippen molar-refractivity contribution in [3.05, 3.63) is 24.3 Å². The normalized spacial score (nSPS) is 12.6. The average molecular weight is 1160 g/mol. The Balaban J connectivity index is 3.39. The molecule has 486 valence electrons. The van der Waals surface area contributed by atoms with Gasteiger partial charge in [0.1, 0.15) is 0 Å². The third kappa shape index (κ3) is 67.5. The quantitative estimate of drug-likeness (QED) is 0.0320. The zero-order chi connectivity index (χ0) is 59.2. The van der Waals surface area contributed by atoms with E-state index in [4.69, 9.17) is 4.74 Å². The summed E-state index contributed by atoms with van der Waals surface area (Å²) in [4.78, 5) is 24.6. The Morgan fingerprint density at radius 3 is 0.866 bits per heavy atom. The monoisotopic (exact) mass is 1150 g/mol. The molecule has 0 saturated carbocycles. The van der Waals surface area contributed by atoms with Gasteiger partial charge in [-0.1, -0.05) is 378 Å². The predicted molar refractivity (Wildman–Crippen MR) is 361 cm³/mol. The first-order valence-electron chi connectivity index (χ1n) is 37.6. The summed E-state index contributed by atoms with van der Waals surface area (Å²) in [7, 11) is 0. The first-order valence-corrected chi connectivity index (χ1v) is 37.6.